The molecule has 0 aliphatic rings. The fraction of sp³-hybridized carbons (Fsp3) is 0.848. The van der Waals surface area contributed by atoms with Gasteiger partial charge in [0.2, 0.25) is 0 Å². The van der Waals surface area contributed by atoms with Crippen LogP contribution in [0.3, 0.4) is 0 Å². The summed E-state index contributed by atoms with van der Waals surface area (Å²) in [4.78, 5) is 36.8. The number of unbranched alkanes of at least 4 members (excludes halogenated alkanes) is 22. The summed E-state index contributed by atoms with van der Waals surface area (Å²) in [5.41, 5.74) is 0. The first kappa shape index (κ1) is 51.8. The highest BCUT2D eigenvalue weighted by molar-refractivity contribution is 5.70. The van der Waals surface area contributed by atoms with Crippen LogP contribution in [0.5, 0.6) is 0 Å². The summed E-state index contributed by atoms with van der Waals surface area (Å²) >= 11 is 0. The van der Waals surface area contributed by atoms with Gasteiger partial charge in [0, 0.05) is 19.3 Å². The minimum absolute atomic E-state index is 0.0372. The Morgan fingerprint density at radius 2 is 0.926 bits per heavy atom. The Hall–Kier alpha value is -2.19. The van der Waals surface area contributed by atoms with Gasteiger partial charge < -0.3 is 28.6 Å². The van der Waals surface area contributed by atoms with Crippen LogP contribution >= 0.6 is 0 Å². The fourth-order valence-electron chi connectivity index (χ4n) is 6.53. The van der Waals surface area contributed by atoms with E-state index in [1.165, 1.54) is 103 Å². The van der Waals surface area contributed by atoms with Gasteiger partial charge in [-0.25, -0.2) is 0 Å². The van der Waals surface area contributed by atoms with E-state index in [0.717, 1.165) is 64.2 Å². The minimum Gasteiger partial charge on any atom is -0.544 e. The van der Waals surface area contributed by atoms with Gasteiger partial charge in [0.25, 0.3) is 0 Å². The third-order valence-electron chi connectivity index (χ3n) is 10.1. The number of ether oxygens (including phenoxy) is 3. The first-order valence-corrected chi connectivity index (χ1v) is 22.4. The molecule has 2 atom stereocenters. The zero-order chi connectivity index (χ0) is 40.0. The third kappa shape index (κ3) is 35.5. The maximum atomic E-state index is 12.7. The Morgan fingerprint density at radius 1 is 0.537 bits per heavy atom. The van der Waals surface area contributed by atoms with Gasteiger partial charge in [0.15, 0.2) is 6.10 Å². The average molecular weight is 764 g/mol. The van der Waals surface area contributed by atoms with Crippen molar-refractivity contribution in [1.82, 2.24) is 0 Å². The van der Waals surface area contributed by atoms with Crippen molar-refractivity contribution in [2.75, 3.05) is 41.0 Å². The van der Waals surface area contributed by atoms with Gasteiger partial charge in [-0.05, 0) is 64.2 Å². The number of quaternary nitrogens is 1. The number of esters is 2. The highest BCUT2D eigenvalue weighted by atomic mass is 16.6. The molecule has 0 aromatic heterocycles. The molecule has 8 nitrogen and oxygen atoms in total. The van der Waals surface area contributed by atoms with Crippen LogP contribution in [0, 0.1) is 0 Å². The summed E-state index contributed by atoms with van der Waals surface area (Å²) in [5, 5.41) is 11.6. The second kappa shape index (κ2) is 37.7. The third-order valence-corrected chi connectivity index (χ3v) is 10.1. The Bertz CT molecular complexity index is 942. The van der Waals surface area contributed by atoms with E-state index in [1.807, 2.05) is 0 Å². The van der Waals surface area contributed by atoms with Gasteiger partial charge in [-0.1, -0.05) is 141 Å². The number of likely N-dealkylation sites (N-methyl/N-ethyl adjacent to an activating group) is 1. The highest BCUT2D eigenvalue weighted by Gasteiger charge is 2.25. The maximum Gasteiger partial charge on any atom is 0.306 e. The Balaban J connectivity index is 4.31. The van der Waals surface area contributed by atoms with Gasteiger partial charge in [0.05, 0.1) is 40.3 Å². The number of allylic oxidation sites excluding steroid dienone is 4. The van der Waals surface area contributed by atoms with E-state index in [0.29, 0.717) is 12.8 Å². The first-order chi connectivity index (χ1) is 26.1. The Labute approximate surface area is 332 Å². The van der Waals surface area contributed by atoms with Gasteiger partial charge in [-0.15, -0.1) is 0 Å². The highest BCUT2D eigenvalue weighted by Crippen LogP contribution is 2.14. The molecule has 0 bridgehead atoms. The van der Waals surface area contributed by atoms with Crippen LogP contribution in [0.15, 0.2) is 24.3 Å². The van der Waals surface area contributed by atoms with Crippen LogP contribution in [-0.2, 0) is 28.6 Å². The van der Waals surface area contributed by atoms with Gasteiger partial charge in [-0.3, -0.25) is 9.59 Å². The van der Waals surface area contributed by atoms with Crippen LogP contribution in [0.25, 0.3) is 0 Å². The smallest absolute Gasteiger partial charge is 0.306 e. The molecular formula is C46H85NO7. The molecule has 0 aromatic carbocycles. The summed E-state index contributed by atoms with van der Waals surface area (Å²) in [6.07, 6.45) is 40.6. The number of carboxylic acids is 1. The molecule has 2 unspecified atom stereocenters. The average Bonchev–Trinajstić information content (AvgIpc) is 3.12. The molecule has 0 saturated carbocycles. The lowest BCUT2D eigenvalue weighted by Gasteiger charge is -2.34. The standard InChI is InChI=1S/C46H85NO7/c1-6-8-10-12-14-16-18-20-21-22-23-24-25-27-28-30-32-34-36-44(48)53-41-42(40-52-39-38-43(46(50)51)47(3,4)5)54-45(49)37-35-33-31-29-26-19-17-15-13-11-9-7-2/h15,17,23-24,42-43H,6-14,16,18-22,25-41H2,1-5H3/b17-15+,24-23+. The summed E-state index contributed by atoms with van der Waals surface area (Å²) in [7, 11) is 5.40. The van der Waals surface area contributed by atoms with Crippen molar-refractivity contribution in [3.05, 3.63) is 24.3 Å². The van der Waals surface area contributed by atoms with Crippen LogP contribution in [-0.4, -0.2) is 75.5 Å². The molecule has 54 heavy (non-hydrogen) atoms. The van der Waals surface area contributed by atoms with E-state index in [9.17, 15) is 19.5 Å². The topological polar surface area (TPSA) is 102 Å². The van der Waals surface area contributed by atoms with E-state index in [4.69, 9.17) is 14.2 Å². The van der Waals surface area contributed by atoms with Crippen molar-refractivity contribution >= 4 is 17.9 Å². The normalized spacial score (nSPS) is 13.1. The predicted octanol–water partition coefficient (Wildman–Crippen LogP) is 10.7. The Kier molecular flexibility index (Phi) is 36.2. The number of hydrogen-bond acceptors (Lipinski definition) is 7. The molecule has 0 heterocycles. The molecule has 0 radical (unpaired) electrons. The summed E-state index contributed by atoms with van der Waals surface area (Å²) < 4.78 is 17.1. The van der Waals surface area contributed by atoms with E-state index >= 15 is 0 Å². The number of rotatable bonds is 40. The van der Waals surface area contributed by atoms with E-state index in [-0.39, 0.29) is 42.7 Å². The molecule has 316 valence electrons. The van der Waals surface area contributed by atoms with Gasteiger partial charge in [0.1, 0.15) is 12.6 Å². The lowest BCUT2D eigenvalue weighted by molar-refractivity contribution is -0.889. The van der Waals surface area contributed by atoms with E-state index < -0.39 is 18.1 Å². The van der Waals surface area contributed by atoms with Gasteiger partial charge >= 0.3 is 11.9 Å². The fourth-order valence-corrected chi connectivity index (χ4v) is 6.53. The number of carboxylic acid groups (broad SMARTS) is 1. The van der Waals surface area contributed by atoms with Crippen LogP contribution < -0.4 is 5.11 Å². The monoisotopic (exact) mass is 764 g/mol. The Morgan fingerprint density at radius 3 is 1.37 bits per heavy atom. The second-order valence-corrected chi connectivity index (χ2v) is 16.3. The molecule has 8 heteroatoms. The second-order valence-electron chi connectivity index (χ2n) is 16.3. The van der Waals surface area contributed by atoms with Crippen LogP contribution in [0.4, 0.5) is 0 Å². The molecule has 0 fully saturated rings. The van der Waals surface area contributed by atoms with Crippen LogP contribution in [0.2, 0.25) is 0 Å². The molecule has 0 aliphatic carbocycles. The molecule has 0 N–H and O–H groups in total. The number of nitrogens with zero attached hydrogens (tertiary/aromatic N) is 1. The van der Waals surface area contributed by atoms with Crippen molar-refractivity contribution < 1.29 is 38.2 Å². The van der Waals surface area contributed by atoms with E-state index in [2.05, 4.69) is 38.2 Å². The largest absolute Gasteiger partial charge is 0.544 e. The SMILES string of the molecule is CCCCC/C=C/CCCCCCCC(=O)OC(COCCC(C(=O)[O-])[N+](C)(C)C)COC(=O)CCCCCCC/C=C/CCCCCCCCCCC. The number of carbonyl (C=O) groups excluding carboxylic acids is 3. The van der Waals surface area contributed by atoms with Crippen molar-refractivity contribution in [1.29, 1.82) is 0 Å². The molecule has 0 aromatic rings. The van der Waals surface area contributed by atoms with Crippen molar-refractivity contribution in [2.45, 2.75) is 212 Å². The molecule has 0 amide bonds. The molecule has 0 saturated heterocycles. The number of hydrogen-bond donors (Lipinski definition) is 0. The van der Waals surface area contributed by atoms with Gasteiger partial charge in [-0.2, -0.15) is 0 Å². The van der Waals surface area contributed by atoms with E-state index in [1.54, 1.807) is 21.1 Å². The van der Waals surface area contributed by atoms with Crippen molar-refractivity contribution in [3.8, 4) is 0 Å². The molecule has 0 aliphatic heterocycles. The number of carbonyl (C=O) groups is 3. The van der Waals surface area contributed by atoms with Crippen molar-refractivity contribution in [3.63, 3.8) is 0 Å². The first-order valence-electron chi connectivity index (χ1n) is 22.4. The molecular weight excluding hydrogens is 679 g/mol. The summed E-state index contributed by atoms with van der Waals surface area (Å²) in [6.45, 7) is 4.63. The molecule has 0 rings (SSSR count). The zero-order valence-electron chi connectivity index (χ0n) is 35.9. The molecule has 0 spiro atoms. The zero-order valence-corrected chi connectivity index (χ0v) is 35.9. The predicted molar refractivity (Wildman–Crippen MR) is 222 cm³/mol. The number of aliphatic carboxylic acids is 1. The lowest BCUT2D eigenvalue weighted by atomic mass is 10.1. The summed E-state index contributed by atoms with van der Waals surface area (Å²) in [5.74, 6) is -1.75. The lowest BCUT2D eigenvalue weighted by Crippen LogP contribution is -2.55. The summed E-state index contributed by atoms with van der Waals surface area (Å²) in [6, 6.07) is -0.725. The van der Waals surface area contributed by atoms with Crippen LogP contribution in [0.1, 0.15) is 200 Å². The quantitative estimate of drug-likeness (QED) is 0.0265. The maximum absolute atomic E-state index is 12.7. The minimum atomic E-state index is -1.13. The van der Waals surface area contributed by atoms with Crippen molar-refractivity contribution in [2.24, 2.45) is 0 Å².